The summed E-state index contributed by atoms with van der Waals surface area (Å²) in [6, 6.07) is 9.67. The van der Waals surface area contributed by atoms with Gasteiger partial charge in [-0.25, -0.2) is 0 Å². The quantitative estimate of drug-likeness (QED) is 0.368. The van der Waals surface area contributed by atoms with Crippen molar-refractivity contribution in [2.24, 2.45) is 0 Å². The first-order chi connectivity index (χ1) is 11.9. The molecule has 2 aromatic heterocycles. The van der Waals surface area contributed by atoms with E-state index >= 15 is 0 Å². The van der Waals surface area contributed by atoms with E-state index in [1.165, 1.54) is 17.1 Å². The second-order valence-electron chi connectivity index (χ2n) is 5.68. The summed E-state index contributed by atoms with van der Waals surface area (Å²) in [7, 11) is 0. The average Bonchev–Trinajstić information content (AvgIpc) is 3.13. The first-order valence-electron chi connectivity index (χ1n) is 7.51. The molecule has 0 saturated heterocycles. The highest BCUT2D eigenvalue weighted by Crippen LogP contribution is 2.23. The van der Waals surface area contributed by atoms with Gasteiger partial charge in [-0.15, -0.1) is 0 Å². The van der Waals surface area contributed by atoms with E-state index in [0.29, 0.717) is 5.56 Å². The van der Waals surface area contributed by atoms with Gasteiger partial charge in [-0.05, 0) is 54.1 Å². The van der Waals surface area contributed by atoms with Crippen molar-refractivity contribution >= 4 is 27.5 Å². The monoisotopic (exact) mass is 402 g/mol. The Bertz CT molecular complexity index is 957. The molecule has 2 heterocycles. The van der Waals surface area contributed by atoms with Crippen molar-refractivity contribution in [3.8, 4) is 5.69 Å². The van der Waals surface area contributed by atoms with Gasteiger partial charge in [0.05, 0.1) is 6.54 Å². The highest BCUT2D eigenvalue weighted by atomic mass is 79.9. The van der Waals surface area contributed by atoms with Gasteiger partial charge in [-0.3, -0.25) is 4.79 Å². The Morgan fingerprint density at radius 1 is 1.28 bits per heavy atom. The maximum absolute atomic E-state index is 12.6. The van der Waals surface area contributed by atoms with Gasteiger partial charge in [0, 0.05) is 27.1 Å². The second-order valence-corrected chi connectivity index (χ2v) is 6.60. The van der Waals surface area contributed by atoms with Crippen molar-refractivity contribution in [2.75, 3.05) is 0 Å². The van der Waals surface area contributed by atoms with Gasteiger partial charge in [0.25, 0.3) is 0 Å². The first-order valence-corrected chi connectivity index (χ1v) is 8.30. The van der Waals surface area contributed by atoms with Crippen molar-refractivity contribution in [3.05, 3.63) is 74.4 Å². The molecule has 0 bridgehead atoms. The lowest BCUT2D eigenvalue weighted by atomic mass is 10.1. The molecule has 0 fully saturated rings. The summed E-state index contributed by atoms with van der Waals surface area (Å²) < 4.78 is 4.42. The van der Waals surface area contributed by atoms with Crippen molar-refractivity contribution in [3.63, 3.8) is 0 Å². The van der Waals surface area contributed by atoms with Gasteiger partial charge < -0.3 is 19.2 Å². The Labute approximate surface area is 152 Å². The SMILES string of the molecule is Cc1cc(C(=O)Cn2cnc([N+](=O)[O-])c2)c(C)n1-c1ccc(Br)cc1. The number of hydrogen-bond donors (Lipinski definition) is 0. The number of carbonyl (C=O) groups excluding carboxylic acids is 1. The van der Waals surface area contributed by atoms with Crippen molar-refractivity contribution in [2.45, 2.75) is 20.4 Å². The van der Waals surface area contributed by atoms with Gasteiger partial charge in [-0.2, -0.15) is 0 Å². The molecule has 0 atom stereocenters. The number of Topliss-reactive ketones (excluding diaryl/α,β-unsaturated/α-hetero) is 1. The van der Waals surface area contributed by atoms with Crippen LogP contribution in [0.1, 0.15) is 21.7 Å². The van der Waals surface area contributed by atoms with Crippen molar-refractivity contribution < 1.29 is 9.72 Å². The molecular weight excluding hydrogens is 388 g/mol. The van der Waals surface area contributed by atoms with Crippen LogP contribution in [0.25, 0.3) is 5.69 Å². The molecular formula is C17H15BrN4O3. The number of aryl methyl sites for hydroxylation is 1. The van der Waals surface area contributed by atoms with E-state index in [2.05, 4.69) is 20.9 Å². The average molecular weight is 403 g/mol. The molecule has 0 amide bonds. The normalized spacial score (nSPS) is 10.8. The van der Waals surface area contributed by atoms with E-state index in [0.717, 1.165) is 21.5 Å². The van der Waals surface area contributed by atoms with Crippen LogP contribution < -0.4 is 0 Å². The van der Waals surface area contributed by atoms with E-state index in [1.54, 1.807) is 0 Å². The highest BCUT2D eigenvalue weighted by Gasteiger charge is 2.18. The molecule has 0 saturated carbocycles. The molecule has 0 spiro atoms. The van der Waals surface area contributed by atoms with Gasteiger partial charge in [-0.1, -0.05) is 15.9 Å². The van der Waals surface area contributed by atoms with Crippen LogP contribution in [-0.4, -0.2) is 24.8 Å². The van der Waals surface area contributed by atoms with E-state index in [9.17, 15) is 14.9 Å². The minimum atomic E-state index is -0.583. The van der Waals surface area contributed by atoms with E-state index in [-0.39, 0.29) is 18.1 Å². The third-order valence-corrected chi connectivity index (χ3v) is 4.48. The number of halogens is 1. The predicted octanol–water partition coefficient (Wildman–Crippen LogP) is 3.84. The molecule has 0 unspecified atom stereocenters. The Hall–Kier alpha value is -2.74. The smallest absolute Gasteiger partial charge is 0.358 e. The summed E-state index contributed by atoms with van der Waals surface area (Å²) in [4.78, 5) is 26.4. The maximum atomic E-state index is 12.6. The lowest BCUT2D eigenvalue weighted by molar-refractivity contribution is -0.389. The number of nitrogens with zero attached hydrogens (tertiary/aromatic N) is 4. The molecule has 0 aliphatic rings. The number of rotatable bonds is 5. The number of ketones is 1. The zero-order chi connectivity index (χ0) is 18.1. The van der Waals surface area contributed by atoms with E-state index in [4.69, 9.17) is 0 Å². The fourth-order valence-electron chi connectivity index (χ4n) is 2.81. The topological polar surface area (TPSA) is 83.0 Å². The lowest BCUT2D eigenvalue weighted by Gasteiger charge is -2.10. The van der Waals surface area contributed by atoms with Gasteiger partial charge in [0.1, 0.15) is 6.20 Å². The number of benzene rings is 1. The van der Waals surface area contributed by atoms with Gasteiger partial charge >= 0.3 is 5.82 Å². The Kier molecular flexibility index (Phi) is 4.54. The molecule has 0 aliphatic carbocycles. The fraction of sp³-hybridized carbons (Fsp3) is 0.176. The molecule has 128 valence electrons. The third-order valence-electron chi connectivity index (χ3n) is 3.95. The largest absolute Gasteiger partial charge is 0.381 e. The Morgan fingerprint density at radius 3 is 2.56 bits per heavy atom. The number of aromatic nitrogens is 3. The molecule has 0 N–H and O–H groups in total. The molecule has 0 aliphatic heterocycles. The standard InChI is InChI=1S/C17H15BrN4O3/c1-11-7-15(12(2)21(11)14-5-3-13(18)4-6-14)16(23)8-20-9-17(19-10-20)22(24)25/h3-7,9-10H,8H2,1-2H3. The highest BCUT2D eigenvalue weighted by molar-refractivity contribution is 9.10. The molecule has 7 nitrogen and oxygen atoms in total. The summed E-state index contributed by atoms with van der Waals surface area (Å²) in [5, 5.41) is 10.7. The van der Waals surface area contributed by atoms with Gasteiger partial charge in [0.15, 0.2) is 5.78 Å². The summed E-state index contributed by atoms with van der Waals surface area (Å²) in [6.45, 7) is 3.83. The summed E-state index contributed by atoms with van der Waals surface area (Å²) in [5.41, 5.74) is 3.34. The minimum absolute atomic E-state index is 0.00543. The zero-order valence-electron chi connectivity index (χ0n) is 13.6. The molecule has 25 heavy (non-hydrogen) atoms. The van der Waals surface area contributed by atoms with Crippen LogP contribution in [-0.2, 0) is 6.54 Å². The third kappa shape index (κ3) is 3.39. The molecule has 8 heteroatoms. The van der Waals surface area contributed by atoms with E-state index in [1.807, 2.05) is 48.7 Å². The minimum Gasteiger partial charge on any atom is -0.358 e. The number of nitro groups is 1. The molecule has 3 aromatic rings. The van der Waals surface area contributed by atoms with E-state index < -0.39 is 4.92 Å². The fourth-order valence-corrected chi connectivity index (χ4v) is 3.08. The molecule has 0 radical (unpaired) electrons. The maximum Gasteiger partial charge on any atom is 0.381 e. The van der Waals surface area contributed by atoms with Crippen LogP contribution in [0.15, 0.2) is 47.3 Å². The van der Waals surface area contributed by atoms with Crippen LogP contribution in [0.3, 0.4) is 0 Å². The Morgan fingerprint density at radius 2 is 1.96 bits per heavy atom. The predicted molar refractivity (Wildman–Crippen MR) is 96.2 cm³/mol. The number of carbonyl (C=O) groups is 1. The first kappa shape index (κ1) is 17.1. The van der Waals surface area contributed by atoms with Crippen LogP contribution >= 0.6 is 15.9 Å². The lowest BCUT2D eigenvalue weighted by Crippen LogP contribution is -2.10. The van der Waals surface area contributed by atoms with Crippen molar-refractivity contribution in [1.29, 1.82) is 0 Å². The second kappa shape index (κ2) is 6.64. The zero-order valence-corrected chi connectivity index (χ0v) is 15.2. The molecule has 3 rings (SSSR count). The van der Waals surface area contributed by atoms with Crippen LogP contribution in [0.5, 0.6) is 0 Å². The Balaban J connectivity index is 1.89. The number of imidazole rings is 1. The van der Waals surface area contributed by atoms with Crippen molar-refractivity contribution in [1.82, 2.24) is 14.1 Å². The number of hydrogen-bond acceptors (Lipinski definition) is 4. The van der Waals surface area contributed by atoms with Crippen LogP contribution in [0.2, 0.25) is 0 Å². The molecule has 1 aromatic carbocycles. The van der Waals surface area contributed by atoms with Gasteiger partial charge in [0.2, 0.25) is 6.33 Å². The van der Waals surface area contributed by atoms with Crippen LogP contribution in [0, 0.1) is 24.0 Å². The summed E-state index contributed by atoms with van der Waals surface area (Å²) >= 11 is 3.41. The summed E-state index contributed by atoms with van der Waals surface area (Å²) in [5.74, 6) is -0.392. The van der Waals surface area contributed by atoms with Crippen LogP contribution in [0.4, 0.5) is 5.82 Å². The summed E-state index contributed by atoms with van der Waals surface area (Å²) in [6.07, 6.45) is 2.55.